The predicted molar refractivity (Wildman–Crippen MR) is 78.2 cm³/mol. The van der Waals surface area contributed by atoms with Crippen molar-refractivity contribution in [2.75, 3.05) is 26.2 Å². The highest BCUT2D eigenvalue weighted by Crippen LogP contribution is 2.20. The van der Waals surface area contributed by atoms with E-state index in [9.17, 15) is 9.59 Å². The van der Waals surface area contributed by atoms with E-state index in [2.05, 4.69) is 5.32 Å². The van der Waals surface area contributed by atoms with Gasteiger partial charge in [0.1, 0.15) is 0 Å². The standard InChI is InChI=1S/C15H28N2O3/c1-13(19)16-9-4-2-3-7-15(20)17-10-5-6-14(12-17)8-11-18/h14,18H,2-12H2,1H3,(H,16,19). The highest BCUT2D eigenvalue weighted by molar-refractivity contribution is 5.76. The fourth-order valence-electron chi connectivity index (χ4n) is 2.71. The molecule has 0 bridgehead atoms. The van der Waals surface area contributed by atoms with Crippen molar-refractivity contribution in [3.63, 3.8) is 0 Å². The molecule has 1 fully saturated rings. The van der Waals surface area contributed by atoms with Crippen molar-refractivity contribution in [2.45, 2.75) is 51.9 Å². The van der Waals surface area contributed by atoms with Crippen LogP contribution >= 0.6 is 0 Å². The highest BCUT2D eigenvalue weighted by atomic mass is 16.3. The van der Waals surface area contributed by atoms with E-state index < -0.39 is 0 Å². The van der Waals surface area contributed by atoms with Crippen LogP contribution in [0.2, 0.25) is 0 Å². The summed E-state index contributed by atoms with van der Waals surface area (Å²) in [5.41, 5.74) is 0. The Hall–Kier alpha value is -1.10. The van der Waals surface area contributed by atoms with Crippen molar-refractivity contribution in [3.05, 3.63) is 0 Å². The van der Waals surface area contributed by atoms with Crippen LogP contribution in [0, 0.1) is 5.92 Å². The van der Waals surface area contributed by atoms with E-state index in [0.717, 1.165) is 51.6 Å². The molecule has 5 heteroatoms. The van der Waals surface area contributed by atoms with Gasteiger partial charge in [0.15, 0.2) is 0 Å². The van der Waals surface area contributed by atoms with Crippen LogP contribution in [0.15, 0.2) is 0 Å². The molecule has 2 N–H and O–H groups in total. The average Bonchev–Trinajstić information content (AvgIpc) is 2.43. The Morgan fingerprint density at radius 2 is 2.10 bits per heavy atom. The van der Waals surface area contributed by atoms with E-state index >= 15 is 0 Å². The van der Waals surface area contributed by atoms with Gasteiger partial charge < -0.3 is 15.3 Å². The molecule has 5 nitrogen and oxygen atoms in total. The molecule has 0 radical (unpaired) electrons. The quantitative estimate of drug-likeness (QED) is 0.660. The summed E-state index contributed by atoms with van der Waals surface area (Å²) in [7, 11) is 0. The number of piperidine rings is 1. The maximum Gasteiger partial charge on any atom is 0.222 e. The lowest BCUT2D eigenvalue weighted by molar-refractivity contribution is -0.133. The second kappa shape index (κ2) is 9.75. The Balaban J connectivity index is 2.11. The molecular weight excluding hydrogens is 256 g/mol. The zero-order chi connectivity index (χ0) is 14.8. The lowest BCUT2D eigenvalue weighted by atomic mass is 9.95. The first kappa shape index (κ1) is 17.0. The summed E-state index contributed by atoms with van der Waals surface area (Å²) in [6.45, 7) is 4.11. The topological polar surface area (TPSA) is 69.6 Å². The van der Waals surface area contributed by atoms with Crippen LogP contribution < -0.4 is 5.32 Å². The van der Waals surface area contributed by atoms with E-state index in [1.807, 2.05) is 4.90 Å². The Labute approximate surface area is 121 Å². The molecule has 0 aliphatic carbocycles. The van der Waals surface area contributed by atoms with E-state index in [4.69, 9.17) is 5.11 Å². The molecule has 1 aliphatic rings. The van der Waals surface area contributed by atoms with Gasteiger partial charge >= 0.3 is 0 Å². The number of unbranched alkanes of at least 4 members (excludes halogenated alkanes) is 2. The summed E-state index contributed by atoms with van der Waals surface area (Å²) in [4.78, 5) is 24.7. The van der Waals surface area contributed by atoms with Crippen LogP contribution in [0.25, 0.3) is 0 Å². The third-order valence-corrected chi connectivity index (χ3v) is 3.85. The number of aliphatic hydroxyl groups excluding tert-OH is 1. The van der Waals surface area contributed by atoms with E-state index in [0.29, 0.717) is 18.9 Å². The van der Waals surface area contributed by atoms with E-state index in [-0.39, 0.29) is 18.4 Å². The van der Waals surface area contributed by atoms with Crippen LogP contribution in [0.5, 0.6) is 0 Å². The minimum absolute atomic E-state index is 0.00400. The van der Waals surface area contributed by atoms with Gasteiger partial charge in [0.25, 0.3) is 0 Å². The number of nitrogens with zero attached hydrogens (tertiary/aromatic N) is 1. The van der Waals surface area contributed by atoms with Crippen LogP contribution in [0.4, 0.5) is 0 Å². The van der Waals surface area contributed by atoms with E-state index in [1.165, 1.54) is 6.92 Å². The van der Waals surface area contributed by atoms with Crippen molar-refractivity contribution < 1.29 is 14.7 Å². The first-order chi connectivity index (χ1) is 9.63. The van der Waals surface area contributed by atoms with Crippen LogP contribution in [0.1, 0.15) is 51.9 Å². The summed E-state index contributed by atoms with van der Waals surface area (Å²) in [6, 6.07) is 0. The number of hydrogen-bond acceptors (Lipinski definition) is 3. The lowest BCUT2D eigenvalue weighted by Gasteiger charge is -2.32. The van der Waals surface area contributed by atoms with Gasteiger partial charge in [0.05, 0.1) is 0 Å². The number of amides is 2. The summed E-state index contributed by atoms with van der Waals surface area (Å²) in [6.07, 6.45) is 6.38. The first-order valence-electron chi connectivity index (χ1n) is 7.76. The zero-order valence-corrected chi connectivity index (χ0v) is 12.6. The largest absolute Gasteiger partial charge is 0.396 e. The van der Waals surface area contributed by atoms with Crippen LogP contribution in [0.3, 0.4) is 0 Å². The molecule has 0 saturated carbocycles. The molecule has 1 unspecified atom stereocenters. The van der Waals surface area contributed by atoms with Gasteiger partial charge in [0.2, 0.25) is 11.8 Å². The molecule has 0 aromatic carbocycles. The molecule has 116 valence electrons. The maximum absolute atomic E-state index is 12.1. The smallest absolute Gasteiger partial charge is 0.222 e. The van der Waals surface area contributed by atoms with Gasteiger partial charge in [-0.05, 0) is 38.0 Å². The van der Waals surface area contributed by atoms with Crippen molar-refractivity contribution in [1.29, 1.82) is 0 Å². The van der Waals surface area contributed by atoms with Crippen molar-refractivity contribution in [3.8, 4) is 0 Å². The highest BCUT2D eigenvalue weighted by Gasteiger charge is 2.22. The molecule has 1 aliphatic heterocycles. The molecule has 20 heavy (non-hydrogen) atoms. The van der Waals surface area contributed by atoms with Gasteiger partial charge in [-0.15, -0.1) is 0 Å². The molecule has 0 spiro atoms. The third-order valence-electron chi connectivity index (χ3n) is 3.85. The van der Waals surface area contributed by atoms with Crippen molar-refractivity contribution in [1.82, 2.24) is 10.2 Å². The summed E-state index contributed by atoms with van der Waals surface area (Å²) < 4.78 is 0. The van der Waals surface area contributed by atoms with Gasteiger partial charge in [-0.25, -0.2) is 0 Å². The number of rotatable bonds is 8. The molecule has 1 saturated heterocycles. The number of likely N-dealkylation sites (tertiary alicyclic amines) is 1. The number of aliphatic hydroxyl groups is 1. The number of hydrogen-bond donors (Lipinski definition) is 2. The minimum atomic E-state index is 0.00400. The Morgan fingerprint density at radius 3 is 2.80 bits per heavy atom. The van der Waals surface area contributed by atoms with Crippen molar-refractivity contribution in [2.24, 2.45) is 5.92 Å². The normalized spacial score (nSPS) is 18.9. The maximum atomic E-state index is 12.1. The summed E-state index contributed by atoms with van der Waals surface area (Å²) in [5, 5.41) is 11.7. The third kappa shape index (κ3) is 6.89. The van der Waals surface area contributed by atoms with Crippen LogP contribution in [-0.4, -0.2) is 48.1 Å². The number of carbonyl (C=O) groups excluding carboxylic acids is 2. The Kier molecular flexibility index (Phi) is 8.26. The molecule has 0 aromatic heterocycles. The van der Waals surface area contributed by atoms with Gasteiger partial charge in [0, 0.05) is 39.6 Å². The molecule has 1 heterocycles. The van der Waals surface area contributed by atoms with Gasteiger partial charge in [-0.2, -0.15) is 0 Å². The van der Waals surface area contributed by atoms with Crippen LogP contribution in [-0.2, 0) is 9.59 Å². The predicted octanol–water partition coefficient (Wildman–Crippen LogP) is 1.30. The molecule has 0 aromatic rings. The average molecular weight is 284 g/mol. The second-order valence-corrected chi connectivity index (χ2v) is 5.65. The molecule has 2 amide bonds. The van der Waals surface area contributed by atoms with Crippen molar-refractivity contribution >= 4 is 11.8 Å². The summed E-state index contributed by atoms with van der Waals surface area (Å²) in [5.74, 6) is 0.717. The fraction of sp³-hybridized carbons (Fsp3) is 0.867. The monoisotopic (exact) mass is 284 g/mol. The van der Waals surface area contributed by atoms with Gasteiger partial charge in [-0.3, -0.25) is 9.59 Å². The first-order valence-corrected chi connectivity index (χ1v) is 7.76. The second-order valence-electron chi connectivity index (χ2n) is 5.65. The number of nitrogens with one attached hydrogen (secondary N) is 1. The lowest BCUT2D eigenvalue weighted by Crippen LogP contribution is -2.40. The SMILES string of the molecule is CC(=O)NCCCCCC(=O)N1CCCC(CCO)C1. The Morgan fingerprint density at radius 1 is 1.30 bits per heavy atom. The minimum Gasteiger partial charge on any atom is -0.396 e. The van der Waals surface area contributed by atoms with Gasteiger partial charge in [-0.1, -0.05) is 6.42 Å². The molecule has 1 rings (SSSR count). The molecular formula is C15H28N2O3. The summed E-state index contributed by atoms with van der Waals surface area (Å²) >= 11 is 0. The zero-order valence-electron chi connectivity index (χ0n) is 12.6. The Bertz CT molecular complexity index is 305. The fourth-order valence-corrected chi connectivity index (χ4v) is 2.71. The molecule has 1 atom stereocenters. The number of carbonyl (C=O) groups is 2. The van der Waals surface area contributed by atoms with E-state index in [1.54, 1.807) is 0 Å².